The minimum atomic E-state index is -1.95. The van der Waals surface area contributed by atoms with Gasteiger partial charge in [0.2, 0.25) is 8.32 Å². The summed E-state index contributed by atoms with van der Waals surface area (Å²) in [6.45, 7) is 10.5. The fourth-order valence-electron chi connectivity index (χ4n) is 0.785. The van der Waals surface area contributed by atoms with Crippen molar-refractivity contribution in [3.05, 3.63) is 24.2 Å². The first-order chi connectivity index (χ1) is 7.24. The molecule has 1 aromatic rings. The molecule has 0 aliphatic carbocycles. The fourth-order valence-corrected chi connectivity index (χ4v) is 1.44. The molecule has 0 unspecified atom stereocenters. The first-order valence-corrected chi connectivity index (χ1v) is 8.17. The Kier molecular flexibility index (Phi) is 3.60. The standard InChI is InChI=1S/C11H19NO3Si/c1-11(2,3)16(4,5)15-12-10(13)9-7-6-8-14-9/h6-8H,1-5H3,(H,12,13). The highest BCUT2D eigenvalue weighted by atomic mass is 28.4. The topological polar surface area (TPSA) is 51.5 Å². The van der Waals surface area contributed by atoms with Crippen LogP contribution in [0.3, 0.4) is 0 Å². The summed E-state index contributed by atoms with van der Waals surface area (Å²) < 4.78 is 10.5. The quantitative estimate of drug-likeness (QED) is 0.654. The van der Waals surface area contributed by atoms with Gasteiger partial charge in [-0.05, 0) is 30.3 Å². The number of furan rings is 1. The van der Waals surface area contributed by atoms with Gasteiger partial charge in [-0.3, -0.25) is 4.79 Å². The van der Waals surface area contributed by atoms with E-state index in [4.69, 9.17) is 8.94 Å². The molecule has 1 amide bonds. The number of rotatable bonds is 3. The van der Waals surface area contributed by atoms with Crippen LogP contribution in [-0.2, 0) is 4.53 Å². The maximum atomic E-state index is 11.6. The molecule has 1 N–H and O–H groups in total. The Morgan fingerprint density at radius 1 is 1.44 bits per heavy atom. The molecule has 0 radical (unpaired) electrons. The van der Waals surface area contributed by atoms with Crippen molar-refractivity contribution in [2.24, 2.45) is 0 Å². The van der Waals surface area contributed by atoms with E-state index in [1.807, 2.05) is 0 Å². The molecule has 1 aromatic heterocycles. The summed E-state index contributed by atoms with van der Waals surface area (Å²) >= 11 is 0. The average Bonchev–Trinajstić information content (AvgIpc) is 2.65. The smallest absolute Gasteiger partial charge is 0.309 e. The lowest BCUT2D eigenvalue weighted by atomic mass is 10.2. The summed E-state index contributed by atoms with van der Waals surface area (Å²) in [6.07, 6.45) is 1.46. The van der Waals surface area contributed by atoms with Crippen LogP contribution in [0.4, 0.5) is 0 Å². The van der Waals surface area contributed by atoms with Gasteiger partial charge in [0.05, 0.1) is 6.26 Å². The minimum absolute atomic E-state index is 0.0590. The lowest BCUT2D eigenvalue weighted by molar-refractivity contribution is 0.0700. The van der Waals surface area contributed by atoms with Crippen molar-refractivity contribution < 1.29 is 13.7 Å². The van der Waals surface area contributed by atoms with E-state index in [0.717, 1.165) is 0 Å². The number of carbonyl (C=O) groups excluding carboxylic acids is 1. The summed E-state index contributed by atoms with van der Waals surface area (Å²) in [6, 6.07) is 3.27. The lowest BCUT2D eigenvalue weighted by Gasteiger charge is -2.34. The van der Waals surface area contributed by atoms with Gasteiger partial charge >= 0.3 is 5.91 Å². The maximum absolute atomic E-state index is 11.6. The van der Waals surface area contributed by atoms with E-state index in [1.165, 1.54) is 6.26 Å². The van der Waals surface area contributed by atoms with Gasteiger partial charge < -0.3 is 8.94 Å². The number of hydroxylamine groups is 1. The Balaban J connectivity index is 2.56. The van der Waals surface area contributed by atoms with E-state index >= 15 is 0 Å². The molecule has 5 heteroatoms. The van der Waals surface area contributed by atoms with E-state index < -0.39 is 8.32 Å². The van der Waals surface area contributed by atoms with Gasteiger partial charge in [0.25, 0.3) is 0 Å². The molecule has 0 spiro atoms. The molecule has 4 nitrogen and oxygen atoms in total. The van der Waals surface area contributed by atoms with Gasteiger partial charge in [-0.25, -0.2) is 5.48 Å². The highest BCUT2D eigenvalue weighted by molar-refractivity contribution is 6.74. The van der Waals surface area contributed by atoms with Gasteiger partial charge in [-0.2, -0.15) is 0 Å². The summed E-state index contributed by atoms with van der Waals surface area (Å²) in [5.41, 5.74) is 2.46. The largest absolute Gasteiger partial charge is 0.459 e. The SMILES string of the molecule is CC(C)(C)[Si](C)(C)ONC(=O)c1ccco1. The van der Waals surface area contributed by atoms with Crippen molar-refractivity contribution in [2.75, 3.05) is 0 Å². The highest BCUT2D eigenvalue weighted by Gasteiger charge is 2.38. The van der Waals surface area contributed by atoms with Crippen molar-refractivity contribution >= 4 is 14.2 Å². The summed E-state index contributed by atoms with van der Waals surface area (Å²) in [5, 5.41) is 0.0590. The van der Waals surface area contributed by atoms with Crippen LogP contribution in [0.15, 0.2) is 22.8 Å². The van der Waals surface area contributed by atoms with E-state index in [1.54, 1.807) is 12.1 Å². The Hall–Kier alpha value is -1.07. The van der Waals surface area contributed by atoms with Gasteiger partial charge in [-0.15, -0.1) is 0 Å². The van der Waals surface area contributed by atoms with Gasteiger partial charge in [0, 0.05) is 0 Å². The molecule has 16 heavy (non-hydrogen) atoms. The van der Waals surface area contributed by atoms with Crippen LogP contribution in [0, 0.1) is 0 Å². The number of carbonyl (C=O) groups is 1. The monoisotopic (exact) mass is 241 g/mol. The van der Waals surface area contributed by atoms with Crippen LogP contribution in [0.1, 0.15) is 31.3 Å². The molecule has 0 bridgehead atoms. The molecule has 0 saturated carbocycles. The van der Waals surface area contributed by atoms with E-state index in [9.17, 15) is 4.79 Å². The fraction of sp³-hybridized carbons (Fsp3) is 0.545. The summed E-state index contributed by atoms with van der Waals surface area (Å²) in [7, 11) is -1.95. The molecule has 0 aliphatic heterocycles. The van der Waals surface area contributed by atoms with Crippen molar-refractivity contribution in [1.82, 2.24) is 5.48 Å². The maximum Gasteiger partial charge on any atom is 0.309 e. The van der Waals surface area contributed by atoms with Crippen LogP contribution >= 0.6 is 0 Å². The molecule has 0 atom stereocenters. The zero-order chi connectivity index (χ0) is 12.4. The van der Waals surface area contributed by atoms with Crippen LogP contribution in [0.5, 0.6) is 0 Å². The number of amides is 1. The van der Waals surface area contributed by atoms with Gasteiger partial charge in [0.15, 0.2) is 5.76 Å². The van der Waals surface area contributed by atoms with Crippen LogP contribution in [0.2, 0.25) is 18.1 Å². The van der Waals surface area contributed by atoms with Crippen LogP contribution in [0.25, 0.3) is 0 Å². The third kappa shape index (κ3) is 2.96. The Bertz CT molecular complexity index is 352. The molecular formula is C11H19NO3Si. The Labute approximate surface area is 97.1 Å². The van der Waals surface area contributed by atoms with Gasteiger partial charge in [-0.1, -0.05) is 20.8 Å². The lowest BCUT2D eigenvalue weighted by Crippen LogP contribution is -2.46. The molecular weight excluding hydrogens is 222 g/mol. The van der Waals surface area contributed by atoms with Gasteiger partial charge in [0.1, 0.15) is 0 Å². The molecule has 0 fully saturated rings. The first-order valence-electron chi connectivity index (χ1n) is 5.26. The molecule has 0 aliphatic rings. The number of hydrogen-bond acceptors (Lipinski definition) is 3. The zero-order valence-corrected chi connectivity index (χ0v) is 11.5. The third-order valence-corrected chi connectivity index (χ3v) is 7.17. The predicted molar refractivity (Wildman–Crippen MR) is 64.5 cm³/mol. The Morgan fingerprint density at radius 2 is 2.06 bits per heavy atom. The van der Waals surface area contributed by atoms with Crippen molar-refractivity contribution in [1.29, 1.82) is 0 Å². The van der Waals surface area contributed by atoms with E-state index in [0.29, 0.717) is 0 Å². The molecule has 90 valence electrons. The second-order valence-corrected chi connectivity index (χ2v) is 10.00. The molecule has 1 rings (SSSR count). The van der Waals surface area contributed by atoms with Crippen molar-refractivity contribution in [3.63, 3.8) is 0 Å². The predicted octanol–water partition coefficient (Wildman–Crippen LogP) is 2.95. The zero-order valence-electron chi connectivity index (χ0n) is 10.5. The van der Waals surface area contributed by atoms with Crippen molar-refractivity contribution in [2.45, 2.75) is 38.9 Å². The number of hydrogen-bond donors (Lipinski definition) is 1. The average molecular weight is 241 g/mol. The molecule has 0 aromatic carbocycles. The van der Waals surface area contributed by atoms with E-state index in [-0.39, 0.29) is 16.7 Å². The second-order valence-electron chi connectivity index (χ2n) is 5.27. The Morgan fingerprint density at radius 3 is 2.50 bits per heavy atom. The third-order valence-electron chi connectivity index (χ3n) is 2.95. The van der Waals surface area contributed by atoms with Crippen molar-refractivity contribution in [3.8, 4) is 0 Å². The van der Waals surface area contributed by atoms with Crippen LogP contribution in [-0.4, -0.2) is 14.2 Å². The first kappa shape index (κ1) is 13.0. The summed E-state index contributed by atoms with van der Waals surface area (Å²) in [5.74, 6) is -0.0754. The summed E-state index contributed by atoms with van der Waals surface area (Å²) in [4.78, 5) is 11.6. The molecule has 0 saturated heterocycles. The number of nitrogens with one attached hydrogen (secondary N) is 1. The normalized spacial score (nSPS) is 12.6. The highest BCUT2D eigenvalue weighted by Crippen LogP contribution is 2.35. The molecule has 1 heterocycles. The minimum Gasteiger partial charge on any atom is -0.459 e. The van der Waals surface area contributed by atoms with E-state index in [2.05, 4.69) is 39.3 Å². The van der Waals surface area contributed by atoms with Crippen LogP contribution < -0.4 is 5.48 Å². The second kappa shape index (κ2) is 4.43.